The van der Waals surface area contributed by atoms with E-state index in [9.17, 15) is 26.0 Å². The Labute approximate surface area is 107 Å². The molecule has 8 heteroatoms. The van der Waals surface area contributed by atoms with Crippen LogP contribution in [0.3, 0.4) is 0 Å². The zero-order valence-corrected chi connectivity index (χ0v) is 10.5. The van der Waals surface area contributed by atoms with E-state index in [2.05, 4.69) is 17.2 Å². The first-order chi connectivity index (χ1) is 8.70. The van der Waals surface area contributed by atoms with Gasteiger partial charge in [0.05, 0.1) is 12.2 Å². The minimum absolute atomic E-state index is 0.0531. The largest absolute Gasteiger partial charge is 0.501 e. The number of nitrogens with one attached hydrogen (secondary N) is 1. The van der Waals surface area contributed by atoms with Crippen LogP contribution in [0.5, 0.6) is 0 Å². The molecule has 104 valence electrons. The van der Waals surface area contributed by atoms with E-state index < -0.39 is 26.1 Å². The van der Waals surface area contributed by atoms with E-state index >= 15 is 0 Å². The first-order valence-corrected chi connectivity index (χ1v) is 6.43. The van der Waals surface area contributed by atoms with Gasteiger partial charge in [-0.3, -0.25) is 0 Å². The molecule has 19 heavy (non-hydrogen) atoms. The average molecular weight is 295 g/mol. The van der Waals surface area contributed by atoms with Gasteiger partial charge in [-0.25, -0.2) is 12.8 Å². The maximum Gasteiger partial charge on any atom is 0.501 e. The van der Waals surface area contributed by atoms with Crippen LogP contribution in [0.15, 0.2) is 23.1 Å². The molecule has 0 unspecified atom stereocenters. The highest BCUT2D eigenvalue weighted by molar-refractivity contribution is 7.92. The van der Waals surface area contributed by atoms with Crippen LogP contribution in [0.2, 0.25) is 0 Å². The van der Waals surface area contributed by atoms with E-state index in [0.29, 0.717) is 6.07 Å². The Hall–Kier alpha value is -1.75. The Bertz CT molecular complexity index is 626. The maximum absolute atomic E-state index is 13.0. The third-order valence-electron chi connectivity index (χ3n) is 2.08. The van der Waals surface area contributed by atoms with Crippen molar-refractivity contribution in [3.8, 4) is 11.8 Å². The molecule has 0 aromatic heterocycles. The summed E-state index contributed by atoms with van der Waals surface area (Å²) in [6.45, 7) is 1.46. The van der Waals surface area contributed by atoms with Crippen molar-refractivity contribution in [1.82, 2.24) is 0 Å². The molecule has 1 rings (SSSR count). The zero-order valence-electron chi connectivity index (χ0n) is 9.68. The standard InChI is InChI=1S/C11H9F4NO2S/c1-2-3-6-16-9-5-4-8(12)7-10(9)19(17,18)11(13,14)15/h4-5,7,16H,6H2,1H3. The van der Waals surface area contributed by atoms with E-state index in [1.807, 2.05) is 0 Å². The summed E-state index contributed by atoms with van der Waals surface area (Å²) in [6.07, 6.45) is 0. The second-order valence-electron chi connectivity index (χ2n) is 3.37. The highest BCUT2D eigenvalue weighted by Crippen LogP contribution is 2.34. The Balaban J connectivity index is 3.32. The van der Waals surface area contributed by atoms with E-state index in [4.69, 9.17) is 0 Å². The molecule has 0 saturated heterocycles. The predicted octanol–water partition coefficient (Wildman–Crippen LogP) is 2.55. The summed E-state index contributed by atoms with van der Waals surface area (Å²) in [5, 5.41) is 2.40. The maximum atomic E-state index is 13.0. The van der Waals surface area contributed by atoms with Gasteiger partial charge in [0.1, 0.15) is 10.7 Å². The van der Waals surface area contributed by atoms with Crippen molar-refractivity contribution < 1.29 is 26.0 Å². The third kappa shape index (κ3) is 3.38. The Kier molecular flexibility index (Phi) is 4.42. The van der Waals surface area contributed by atoms with E-state index in [1.165, 1.54) is 6.92 Å². The number of hydrogen-bond acceptors (Lipinski definition) is 3. The molecule has 0 aliphatic heterocycles. The van der Waals surface area contributed by atoms with Gasteiger partial charge in [-0.15, -0.1) is 5.92 Å². The van der Waals surface area contributed by atoms with E-state index in [1.54, 1.807) is 0 Å². The van der Waals surface area contributed by atoms with Gasteiger partial charge in [0.15, 0.2) is 0 Å². The molecular formula is C11H9F4NO2S. The van der Waals surface area contributed by atoms with Crippen LogP contribution < -0.4 is 5.32 Å². The van der Waals surface area contributed by atoms with Crippen molar-refractivity contribution in [1.29, 1.82) is 0 Å². The van der Waals surface area contributed by atoms with Gasteiger partial charge in [-0.2, -0.15) is 13.2 Å². The molecule has 0 atom stereocenters. The lowest BCUT2D eigenvalue weighted by Gasteiger charge is -2.13. The molecule has 0 spiro atoms. The van der Waals surface area contributed by atoms with Gasteiger partial charge < -0.3 is 5.32 Å². The topological polar surface area (TPSA) is 46.2 Å². The van der Waals surface area contributed by atoms with Crippen molar-refractivity contribution >= 4 is 15.5 Å². The smallest absolute Gasteiger partial charge is 0.373 e. The molecule has 0 aliphatic carbocycles. The van der Waals surface area contributed by atoms with Gasteiger partial charge in [0.2, 0.25) is 0 Å². The van der Waals surface area contributed by atoms with Gasteiger partial charge in [0.25, 0.3) is 9.84 Å². The van der Waals surface area contributed by atoms with Crippen LogP contribution in [-0.4, -0.2) is 20.5 Å². The van der Waals surface area contributed by atoms with Crippen molar-refractivity contribution in [3.05, 3.63) is 24.0 Å². The van der Waals surface area contributed by atoms with Gasteiger partial charge >= 0.3 is 5.51 Å². The number of rotatable bonds is 3. The molecular weight excluding hydrogens is 286 g/mol. The summed E-state index contributed by atoms with van der Waals surface area (Å²) < 4.78 is 72.9. The van der Waals surface area contributed by atoms with Crippen molar-refractivity contribution in [3.63, 3.8) is 0 Å². The van der Waals surface area contributed by atoms with Crippen LogP contribution in [-0.2, 0) is 9.84 Å². The van der Waals surface area contributed by atoms with Crippen molar-refractivity contribution in [2.45, 2.75) is 17.3 Å². The van der Waals surface area contributed by atoms with Crippen molar-refractivity contribution in [2.75, 3.05) is 11.9 Å². The quantitative estimate of drug-likeness (QED) is 0.688. The lowest BCUT2D eigenvalue weighted by Crippen LogP contribution is -2.24. The molecule has 0 bridgehead atoms. The summed E-state index contributed by atoms with van der Waals surface area (Å²) in [5.41, 5.74) is -5.84. The molecule has 0 aliphatic rings. The minimum atomic E-state index is -5.62. The van der Waals surface area contributed by atoms with Crippen molar-refractivity contribution in [2.24, 2.45) is 0 Å². The number of anilines is 1. The second kappa shape index (κ2) is 5.48. The van der Waals surface area contributed by atoms with Gasteiger partial charge in [-0.05, 0) is 25.1 Å². The van der Waals surface area contributed by atoms with Crippen LogP contribution >= 0.6 is 0 Å². The number of alkyl halides is 3. The summed E-state index contributed by atoms with van der Waals surface area (Å²) in [7, 11) is -5.62. The molecule has 0 radical (unpaired) electrons. The number of sulfone groups is 1. The Morgan fingerprint density at radius 2 is 1.95 bits per heavy atom. The molecule has 1 N–H and O–H groups in total. The average Bonchev–Trinajstić information content (AvgIpc) is 2.29. The number of benzene rings is 1. The second-order valence-corrected chi connectivity index (χ2v) is 5.28. The fourth-order valence-corrected chi connectivity index (χ4v) is 2.16. The fourth-order valence-electron chi connectivity index (χ4n) is 1.22. The predicted molar refractivity (Wildman–Crippen MR) is 61.6 cm³/mol. The Morgan fingerprint density at radius 3 is 2.47 bits per heavy atom. The summed E-state index contributed by atoms with van der Waals surface area (Å²) >= 11 is 0. The first-order valence-electron chi connectivity index (χ1n) is 4.94. The molecule has 0 fully saturated rings. The molecule has 1 aromatic rings. The highest BCUT2D eigenvalue weighted by Gasteiger charge is 2.48. The van der Waals surface area contributed by atoms with Crippen LogP contribution in [0.1, 0.15) is 6.92 Å². The number of hydrogen-bond donors (Lipinski definition) is 1. The van der Waals surface area contributed by atoms with Crippen LogP contribution in [0.25, 0.3) is 0 Å². The Morgan fingerprint density at radius 1 is 1.32 bits per heavy atom. The molecule has 1 aromatic carbocycles. The van der Waals surface area contributed by atoms with Gasteiger partial charge in [0, 0.05) is 0 Å². The lowest BCUT2D eigenvalue weighted by atomic mass is 10.3. The molecule has 0 heterocycles. The SMILES string of the molecule is CC#CCNc1ccc(F)cc1S(=O)(=O)C(F)(F)F. The normalized spacial score (nSPS) is 11.6. The fraction of sp³-hybridized carbons (Fsp3) is 0.273. The van der Waals surface area contributed by atoms with E-state index in [-0.39, 0.29) is 12.2 Å². The number of halogens is 4. The summed E-state index contributed by atoms with van der Waals surface area (Å²) in [6, 6.07) is 2.10. The summed E-state index contributed by atoms with van der Waals surface area (Å²) in [4.78, 5) is -1.15. The van der Waals surface area contributed by atoms with Gasteiger partial charge in [-0.1, -0.05) is 5.92 Å². The molecule has 3 nitrogen and oxygen atoms in total. The third-order valence-corrected chi connectivity index (χ3v) is 3.61. The first kappa shape index (κ1) is 15.3. The van der Waals surface area contributed by atoms with Crippen LogP contribution in [0, 0.1) is 17.7 Å². The molecule has 0 saturated carbocycles. The monoisotopic (exact) mass is 295 g/mol. The summed E-state index contributed by atoms with van der Waals surface area (Å²) in [5.74, 6) is 3.90. The van der Waals surface area contributed by atoms with E-state index in [0.717, 1.165) is 12.1 Å². The minimum Gasteiger partial charge on any atom is -0.373 e. The van der Waals surface area contributed by atoms with Crippen LogP contribution in [0.4, 0.5) is 23.2 Å². The molecule has 0 amide bonds. The lowest BCUT2D eigenvalue weighted by molar-refractivity contribution is -0.0435. The highest BCUT2D eigenvalue weighted by atomic mass is 32.2. The zero-order chi connectivity index (χ0) is 14.7.